The van der Waals surface area contributed by atoms with Gasteiger partial charge in [0.15, 0.2) is 5.65 Å². The molecule has 0 spiro atoms. The zero-order valence-corrected chi connectivity index (χ0v) is 14.6. The maximum Gasteiger partial charge on any atom is 0.269 e. The molecule has 1 N–H and O–H groups in total. The van der Waals surface area contributed by atoms with E-state index in [1.54, 1.807) is 42.6 Å². The first kappa shape index (κ1) is 15.6. The molecule has 0 aliphatic carbocycles. The second-order valence-corrected chi connectivity index (χ2v) is 7.73. The number of H-pyrrole nitrogens is 1. The lowest BCUT2D eigenvalue weighted by Gasteiger charge is -2.11. The van der Waals surface area contributed by atoms with Crippen LogP contribution in [0.4, 0.5) is 0 Å². The predicted octanol–water partition coefficient (Wildman–Crippen LogP) is 3.28. The first-order valence-electron chi connectivity index (χ1n) is 7.78. The summed E-state index contributed by atoms with van der Waals surface area (Å²) in [5.41, 5.74) is 3.28. The van der Waals surface area contributed by atoms with Gasteiger partial charge in [0.25, 0.3) is 10.0 Å². The van der Waals surface area contributed by atoms with Crippen LogP contribution in [0.25, 0.3) is 22.4 Å². The summed E-state index contributed by atoms with van der Waals surface area (Å²) in [5.74, 6) is 0. The van der Waals surface area contributed by atoms with Crippen molar-refractivity contribution in [2.75, 3.05) is 0 Å². The average molecular weight is 352 g/mol. The molecule has 0 saturated carbocycles. The number of aromatic amines is 1. The molecule has 6 nitrogen and oxygen atoms in total. The maximum atomic E-state index is 13.3. The molecule has 126 valence electrons. The van der Waals surface area contributed by atoms with Crippen molar-refractivity contribution >= 4 is 21.1 Å². The summed E-state index contributed by atoms with van der Waals surface area (Å²) >= 11 is 0. The molecule has 0 unspecified atom stereocenters. The quantitative estimate of drug-likeness (QED) is 0.613. The van der Waals surface area contributed by atoms with Crippen molar-refractivity contribution in [1.29, 1.82) is 0 Å². The van der Waals surface area contributed by atoms with Crippen LogP contribution in [0.3, 0.4) is 0 Å². The third-order valence-electron chi connectivity index (χ3n) is 4.08. The topological polar surface area (TPSA) is 80.6 Å². The van der Waals surface area contributed by atoms with E-state index in [4.69, 9.17) is 0 Å². The minimum absolute atomic E-state index is 0.222. The summed E-state index contributed by atoms with van der Waals surface area (Å²) in [6, 6.07) is 14.1. The third kappa shape index (κ3) is 2.53. The number of pyridine rings is 1. The Morgan fingerprint density at radius 1 is 1.00 bits per heavy atom. The fraction of sp³-hybridized carbons (Fsp3) is 0.111. The fourth-order valence-electron chi connectivity index (χ4n) is 2.79. The summed E-state index contributed by atoms with van der Waals surface area (Å²) in [7, 11) is -3.81. The van der Waals surface area contributed by atoms with Crippen LogP contribution >= 0.6 is 0 Å². The minimum Gasteiger partial charge on any atom is -0.276 e. The van der Waals surface area contributed by atoms with Gasteiger partial charge in [-0.15, -0.1) is 0 Å². The molecule has 0 bridgehead atoms. The number of aryl methyl sites for hydroxylation is 2. The Bertz CT molecular complexity index is 1160. The van der Waals surface area contributed by atoms with E-state index in [0.717, 1.165) is 16.6 Å². The highest BCUT2D eigenvalue weighted by molar-refractivity contribution is 7.90. The van der Waals surface area contributed by atoms with E-state index in [-0.39, 0.29) is 4.90 Å². The van der Waals surface area contributed by atoms with Gasteiger partial charge in [-0.25, -0.2) is 17.4 Å². The molecule has 3 aromatic heterocycles. The van der Waals surface area contributed by atoms with Gasteiger partial charge < -0.3 is 0 Å². The molecule has 4 aromatic rings. The summed E-state index contributed by atoms with van der Waals surface area (Å²) < 4.78 is 28.0. The van der Waals surface area contributed by atoms with Crippen molar-refractivity contribution in [3.63, 3.8) is 0 Å². The van der Waals surface area contributed by atoms with Crippen LogP contribution in [0.5, 0.6) is 0 Å². The number of fused-ring (bicyclic) bond motifs is 1. The Morgan fingerprint density at radius 3 is 2.44 bits per heavy atom. The van der Waals surface area contributed by atoms with Crippen molar-refractivity contribution in [2.45, 2.75) is 18.7 Å². The minimum atomic E-state index is -3.81. The molecule has 0 aliphatic rings. The highest BCUT2D eigenvalue weighted by atomic mass is 32.2. The lowest BCUT2D eigenvalue weighted by molar-refractivity contribution is 0.589. The van der Waals surface area contributed by atoms with Crippen molar-refractivity contribution in [2.24, 2.45) is 0 Å². The summed E-state index contributed by atoms with van der Waals surface area (Å²) in [6.45, 7) is 3.76. The van der Waals surface area contributed by atoms with Gasteiger partial charge in [-0.1, -0.05) is 17.7 Å². The van der Waals surface area contributed by atoms with Gasteiger partial charge >= 0.3 is 0 Å². The highest BCUT2D eigenvalue weighted by Gasteiger charge is 2.25. The Balaban J connectivity index is 2.07. The normalized spacial score (nSPS) is 11.9. The van der Waals surface area contributed by atoms with Gasteiger partial charge in [0.05, 0.1) is 16.3 Å². The Labute approximate surface area is 145 Å². The van der Waals surface area contributed by atoms with Gasteiger partial charge in [0, 0.05) is 17.3 Å². The first-order chi connectivity index (χ1) is 12.0. The molecular formula is C18H16N4O2S. The number of nitrogens with zero attached hydrogens (tertiary/aromatic N) is 3. The van der Waals surface area contributed by atoms with Gasteiger partial charge in [0.1, 0.15) is 0 Å². The Kier molecular flexibility index (Phi) is 3.47. The second kappa shape index (κ2) is 5.56. The van der Waals surface area contributed by atoms with Crippen LogP contribution in [0.2, 0.25) is 0 Å². The molecule has 4 rings (SSSR count). The standard InChI is InChI=1S/C18H16N4O2S/c1-12-3-7-15(8-4-12)25(23,24)22-17(16-9-10-19-21-16)11-14-6-5-13(2)20-18(14)22/h3-11H,1-2H3,(H,19,21). The van der Waals surface area contributed by atoms with Crippen LogP contribution < -0.4 is 0 Å². The predicted molar refractivity (Wildman–Crippen MR) is 95.8 cm³/mol. The van der Waals surface area contributed by atoms with E-state index in [1.807, 2.05) is 26.0 Å². The van der Waals surface area contributed by atoms with Crippen LogP contribution in [0.15, 0.2) is 59.6 Å². The smallest absolute Gasteiger partial charge is 0.269 e. The van der Waals surface area contributed by atoms with E-state index in [9.17, 15) is 8.42 Å². The summed E-state index contributed by atoms with van der Waals surface area (Å²) in [4.78, 5) is 4.69. The maximum absolute atomic E-state index is 13.3. The van der Waals surface area contributed by atoms with Crippen LogP contribution in [-0.4, -0.2) is 27.6 Å². The molecule has 0 saturated heterocycles. The lowest BCUT2D eigenvalue weighted by Crippen LogP contribution is -2.15. The van der Waals surface area contributed by atoms with E-state index >= 15 is 0 Å². The van der Waals surface area contributed by atoms with E-state index in [1.165, 1.54) is 3.97 Å². The van der Waals surface area contributed by atoms with Crippen LogP contribution in [-0.2, 0) is 10.0 Å². The van der Waals surface area contributed by atoms with E-state index in [2.05, 4.69) is 15.2 Å². The third-order valence-corrected chi connectivity index (χ3v) is 5.80. The molecule has 1 aromatic carbocycles. The zero-order valence-electron chi connectivity index (χ0n) is 13.8. The number of aromatic nitrogens is 4. The van der Waals surface area contributed by atoms with Crippen molar-refractivity contribution in [1.82, 2.24) is 19.2 Å². The highest BCUT2D eigenvalue weighted by Crippen LogP contribution is 2.30. The van der Waals surface area contributed by atoms with Crippen molar-refractivity contribution < 1.29 is 8.42 Å². The molecule has 0 amide bonds. The van der Waals surface area contributed by atoms with E-state index < -0.39 is 10.0 Å². The number of hydrogen-bond acceptors (Lipinski definition) is 4. The molecule has 0 radical (unpaired) electrons. The zero-order chi connectivity index (χ0) is 17.6. The average Bonchev–Trinajstić information content (AvgIpc) is 3.22. The van der Waals surface area contributed by atoms with Gasteiger partial charge in [-0.2, -0.15) is 5.10 Å². The number of rotatable bonds is 3. The first-order valence-corrected chi connectivity index (χ1v) is 9.22. The van der Waals surface area contributed by atoms with Gasteiger partial charge in [0.2, 0.25) is 0 Å². The summed E-state index contributed by atoms with van der Waals surface area (Å²) in [6.07, 6.45) is 1.59. The molecule has 0 fully saturated rings. The van der Waals surface area contributed by atoms with Gasteiger partial charge in [-0.3, -0.25) is 5.10 Å². The molecule has 25 heavy (non-hydrogen) atoms. The van der Waals surface area contributed by atoms with E-state index in [0.29, 0.717) is 17.0 Å². The number of nitrogens with one attached hydrogen (secondary N) is 1. The van der Waals surface area contributed by atoms with Gasteiger partial charge in [-0.05, 0) is 50.2 Å². The monoisotopic (exact) mass is 352 g/mol. The summed E-state index contributed by atoms with van der Waals surface area (Å²) in [5, 5.41) is 7.53. The SMILES string of the molecule is Cc1ccc(S(=O)(=O)n2c(-c3ccn[nH]3)cc3ccc(C)nc32)cc1. The van der Waals surface area contributed by atoms with Crippen LogP contribution in [0.1, 0.15) is 11.3 Å². The number of benzene rings is 1. The van der Waals surface area contributed by atoms with Crippen LogP contribution in [0, 0.1) is 13.8 Å². The second-order valence-electron chi connectivity index (χ2n) is 5.95. The lowest BCUT2D eigenvalue weighted by atomic mass is 10.2. The Hall–Kier alpha value is -2.93. The largest absolute Gasteiger partial charge is 0.276 e. The fourth-order valence-corrected chi connectivity index (χ4v) is 4.27. The van der Waals surface area contributed by atoms with Crippen molar-refractivity contribution in [3.8, 4) is 11.4 Å². The molecule has 3 heterocycles. The number of hydrogen-bond donors (Lipinski definition) is 1. The van der Waals surface area contributed by atoms with Crippen molar-refractivity contribution in [3.05, 3.63) is 66.0 Å². The molecule has 7 heteroatoms. The molecular weight excluding hydrogens is 336 g/mol. The molecule has 0 atom stereocenters. The molecule has 0 aliphatic heterocycles. The Morgan fingerprint density at radius 2 is 1.76 bits per heavy atom.